The number of ketones is 1. The molecular weight excluding hydrogens is 218 g/mol. The fourth-order valence-electron chi connectivity index (χ4n) is 1.51. The largest absolute Gasteiger partial charge is 0.467 e. The van der Waals surface area contributed by atoms with Gasteiger partial charge in [-0.25, -0.2) is 4.79 Å². The molecule has 1 heterocycles. The normalized spacial score (nSPS) is 18.3. The standard InChI is InChI=1S/C10H8ClNO3/c1-15-10(14)8-9(13)6-4-5(11)2-3-7(6)12-8/h2-4,8,12H,1H3. The summed E-state index contributed by atoms with van der Waals surface area (Å²) in [4.78, 5) is 23.0. The number of halogens is 1. The molecule has 0 amide bonds. The van der Waals surface area contributed by atoms with Crippen LogP contribution in [0.5, 0.6) is 0 Å². The summed E-state index contributed by atoms with van der Waals surface area (Å²) in [5.41, 5.74) is 1.04. The van der Waals surface area contributed by atoms with Gasteiger partial charge in [-0.15, -0.1) is 0 Å². The fraction of sp³-hybridized carbons (Fsp3) is 0.200. The van der Waals surface area contributed by atoms with Crippen LogP contribution in [-0.4, -0.2) is 24.9 Å². The second-order valence-electron chi connectivity index (χ2n) is 3.15. The molecule has 0 fully saturated rings. The molecule has 1 aliphatic heterocycles. The summed E-state index contributed by atoms with van der Waals surface area (Å²) in [6.45, 7) is 0. The lowest BCUT2D eigenvalue weighted by molar-refractivity contribution is -0.140. The summed E-state index contributed by atoms with van der Waals surface area (Å²) in [6.07, 6.45) is 0. The molecule has 0 aliphatic carbocycles. The van der Waals surface area contributed by atoms with E-state index in [4.69, 9.17) is 11.6 Å². The Kier molecular flexibility index (Phi) is 2.36. The number of nitrogens with one attached hydrogen (secondary N) is 1. The molecule has 0 radical (unpaired) electrons. The van der Waals surface area contributed by atoms with E-state index in [9.17, 15) is 9.59 Å². The minimum Gasteiger partial charge on any atom is -0.467 e. The van der Waals surface area contributed by atoms with E-state index in [2.05, 4.69) is 10.1 Å². The van der Waals surface area contributed by atoms with Crippen LogP contribution in [0.1, 0.15) is 10.4 Å². The fourth-order valence-corrected chi connectivity index (χ4v) is 1.68. The number of carbonyl (C=O) groups is 2. The van der Waals surface area contributed by atoms with E-state index in [0.29, 0.717) is 16.3 Å². The molecule has 1 aromatic rings. The van der Waals surface area contributed by atoms with Crippen molar-refractivity contribution in [1.82, 2.24) is 0 Å². The summed E-state index contributed by atoms with van der Waals surface area (Å²) in [5, 5.41) is 3.25. The first-order valence-corrected chi connectivity index (χ1v) is 4.69. The molecule has 1 unspecified atom stereocenters. The third-order valence-electron chi connectivity index (χ3n) is 2.25. The van der Waals surface area contributed by atoms with Crippen LogP contribution >= 0.6 is 11.6 Å². The molecule has 1 aromatic carbocycles. The number of benzene rings is 1. The Morgan fingerprint density at radius 3 is 2.93 bits per heavy atom. The van der Waals surface area contributed by atoms with Crippen molar-refractivity contribution in [2.24, 2.45) is 0 Å². The Balaban J connectivity index is 2.38. The van der Waals surface area contributed by atoms with Gasteiger partial charge in [0.15, 0.2) is 11.8 Å². The van der Waals surface area contributed by atoms with Gasteiger partial charge in [0.2, 0.25) is 0 Å². The summed E-state index contributed by atoms with van der Waals surface area (Å²) >= 11 is 5.75. The summed E-state index contributed by atoms with van der Waals surface area (Å²) in [5.74, 6) is -0.897. The van der Waals surface area contributed by atoms with Gasteiger partial charge in [-0.3, -0.25) is 4.79 Å². The van der Waals surface area contributed by atoms with Gasteiger partial charge in [-0.1, -0.05) is 11.6 Å². The van der Waals surface area contributed by atoms with Crippen molar-refractivity contribution in [3.63, 3.8) is 0 Å². The Labute approximate surface area is 91.2 Å². The number of esters is 1. The molecular formula is C10H8ClNO3. The maximum absolute atomic E-state index is 11.7. The van der Waals surface area contributed by atoms with Crippen molar-refractivity contribution in [1.29, 1.82) is 0 Å². The van der Waals surface area contributed by atoms with Crippen LogP contribution in [0, 0.1) is 0 Å². The van der Waals surface area contributed by atoms with Gasteiger partial charge >= 0.3 is 5.97 Å². The van der Waals surface area contributed by atoms with Crippen molar-refractivity contribution in [2.75, 3.05) is 12.4 Å². The highest BCUT2D eigenvalue weighted by Gasteiger charge is 2.36. The molecule has 1 atom stereocenters. The summed E-state index contributed by atoms with van der Waals surface area (Å²) < 4.78 is 4.51. The molecule has 0 saturated heterocycles. The maximum atomic E-state index is 11.7. The highest BCUT2D eigenvalue weighted by Crippen LogP contribution is 2.28. The van der Waals surface area contributed by atoms with Gasteiger partial charge in [-0.2, -0.15) is 0 Å². The molecule has 0 bridgehead atoms. The Morgan fingerprint density at radius 2 is 2.27 bits per heavy atom. The van der Waals surface area contributed by atoms with Gasteiger partial charge in [0.1, 0.15) is 0 Å². The van der Waals surface area contributed by atoms with Crippen molar-refractivity contribution >= 4 is 29.0 Å². The molecule has 5 heteroatoms. The zero-order valence-corrected chi connectivity index (χ0v) is 8.67. The molecule has 1 aliphatic rings. The Hall–Kier alpha value is -1.55. The van der Waals surface area contributed by atoms with E-state index in [1.807, 2.05) is 0 Å². The van der Waals surface area contributed by atoms with Gasteiger partial charge in [0.05, 0.1) is 7.11 Å². The maximum Gasteiger partial charge on any atom is 0.336 e. The SMILES string of the molecule is COC(=O)C1Nc2ccc(Cl)cc2C1=O. The monoisotopic (exact) mass is 225 g/mol. The number of ether oxygens (including phenoxy) is 1. The first-order valence-electron chi connectivity index (χ1n) is 4.31. The minimum absolute atomic E-state index is 0.306. The zero-order chi connectivity index (χ0) is 11.0. The number of hydrogen-bond acceptors (Lipinski definition) is 4. The number of fused-ring (bicyclic) bond motifs is 1. The van der Waals surface area contributed by atoms with Gasteiger partial charge in [0.25, 0.3) is 0 Å². The number of methoxy groups -OCH3 is 1. The summed E-state index contributed by atoms with van der Waals surface area (Å²) in [7, 11) is 1.24. The average molecular weight is 226 g/mol. The van der Waals surface area contributed by atoms with Crippen LogP contribution in [0.4, 0.5) is 5.69 Å². The average Bonchev–Trinajstić information content (AvgIpc) is 2.55. The third-order valence-corrected chi connectivity index (χ3v) is 2.48. The molecule has 2 rings (SSSR count). The topological polar surface area (TPSA) is 55.4 Å². The van der Waals surface area contributed by atoms with Crippen LogP contribution in [-0.2, 0) is 9.53 Å². The predicted molar refractivity (Wildman–Crippen MR) is 55.2 cm³/mol. The van der Waals surface area contributed by atoms with Crippen LogP contribution in [0.3, 0.4) is 0 Å². The van der Waals surface area contributed by atoms with Gasteiger partial charge in [0, 0.05) is 16.3 Å². The van der Waals surface area contributed by atoms with Gasteiger partial charge in [-0.05, 0) is 18.2 Å². The van der Waals surface area contributed by atoms with Gasteiger partial charge < -0.3 is 10.1 Å². The lowest BCUT2D eigenvalue weighted by Crippen LogP contribution is -2.33. The lowest BCUT2D eigenvalue weighted by Gasteiger charge is -2.05. The van der Waals surface area contributed by atoms with Crippen LogP contribution in [0.15, 0.2) is 18.2 Å². The lowest BCUT2D eigenvalue weighted by atomic mass is 10.1. The van der Waals surface area contributed by atoms with Crippen molar-refractivity contribution < 1.29 is 14.3 Å². The molecule has 0 spiro atoms. The summed E-state index contributed by atoms with van der Waals surface area (Å²) in [6, 6.07) is 3.91. The molecule has 4 nitrogen and oxygen atoms in total. The second-order valence-corrected chi connectivity index (χ2v) is 3.59. The number of hydrogen-bond donors (Lipinski definition) is 1. The highest BCUT2D eigenvalue weighted by molar-refractivity contribution is 6.32. The van der Waals surface area contributed by atoms with E-state index in [1.54, 1.807) is 12.1 Å². The number of rotatable bonds is 1. The van der Waals surface area contributed by atoms with Crippen LogP contribution < -0.4 is 5.32 Å². The molecule has 0 aromatic heterocycles. The van der Waals surface area contributed by atoms with E-state index >= 15 is 0 Å². The van der Waals surface area contributed by atoms with E-state index in [0.717, 1.165) is 0 Å². The highest BCUT2D eigenvalue weighted by atomic mass is 35.5. The van der Waals surface area contributed by atoms with E-state index in [1.165, 1.54) is 13.2 Å². The second kappa shape index (κ2) is 3.55. The van der Waals surface area contributed by atoms with Crippen molar-refractivity contribution in [3.05, 3.63) is 28.8 Å². The zero-order valence-electron chi connectivity index (χ0n) is 7.91. The van der Waals surface area contributed by atoms with E-state index in [-0.39, 0.29) is 5.78 Å². The number of anilines is 1. The molecule has 78 valence electrons. The van der Waals surface area contributed by atoms with Crippen molar-refractivity contribution in [3.8, 4) is 0 Å². The smallest absolute Gasteiger partial charge is 0.336 e. The molecule has 1 N–H and O–H groups in total. The number of Topliss-reactive ketones (excluding diaryl/α,β-unsaturated/α-hetero) is 1. The Morgan fingerprint density at radius 1 is 1.53 bits per heavy atom. The molecule has 0 saturated carbocycles. The first kappa shape index (κ1) is 9.98. The van der Waals surface area contributed by atoms with E-state index < -0.39 is 12.0 Å². The Bertz CT molecular complexity index is 444. The first-order chi connectivity index (χ1) is 7.13. The van der Waals surface area contributed by atoms with Crippen molar-refractivity contribution in [2.45, 2.75) is 6.04 Å². The quantitative estimate of drug-likeness (QED) is 0.581. The third kappa shape index (κ3) is 1.57. The molecule has 15 heavy (non-hydrogen) atoms. The predicted octanol–water partition coefficient (Wildman–Crippen LogP) is 1.49. The van der Waals surface area contributed by atoms with Crippen LogP contribution in [0.25, 0.3) is 0 Å². The number of carbonyl (C=O) groups excluding carboxylic acids is 2. The minimum atomic E-state index is -0.941. The van der Waals surface area contributed by atoms with Crippen LogP contribution in [0.2, 0.25) is 5.02 Å².